The number of carbonyl (C=O) groups is 1. The first-order chi connectivity index (χ1) is 12.3. The molecular weight excluding hydrogens is 312 g/mol. The summed E-state index contributed by atoms with van der Waals surface area (Å²) in [6, 6.07) is 19.6. The van der Waals surface area contributed by atoms with Crippen LogP contribution in [0.4, 0.5) is 11.5 Å². The highest BCUT2D eigenvalue weighted by Crippen LogP contribution is 2.23. The summed E-state index contributed by atoms with van der Waals surface area (Å²) >= 11 is 0. The van der Waals surface area contributed by atoms with Gasteiger partial charge < -0.3 is 10.2 Å². The Morgan fingerprint density at radius 1 is 0.960 bits per heavy atom. The lowest BCUT2D eigenvalue weighted by Gasteiger charge is -2.29. The highest BCUT2D eigenvalue weighted by atomic mass is 16.1. The van der Waals surface area contributed by atoms with Gasteiger partial charge in [-0.25, -0.2) is 9.97 Å². The smallest absolute Gasteiger partial charge is 0.274 e. The standard InChI is InChI=1S/C20H18N4O/c25-20(23-17-8-2-1-3-9-17)18-12-19(22-14-21-18)24-11-10-15-6-4-5-7-16(15)13-24/h1-9,12,14H,10-11,13H2,(H,23,25). The third-order valence-corrected chi connectivity index (χ3v) is 4.37. The van der Waals surface area contributed by atoms with Gasteiger partial charge >= 0.3 is 0 Å². The Hall–Kier alpha value is -3.21. The molecule has 2 aromatic carbocycles. The molecule has 0 unspecified atom stereocenters. The van der Waals surface area contributed by atoms with Gasteiger partial charge in [0, 0.05) is 24.8 Å². The molecule has 0 fully saturated rings. The van der Waals surface area contributed by atoms with E-state index in [1.165, 1.54) is 17.5 Å². The van der Waals surface area contributed by atoms with E-state index in [4.69, 9.17) is 0 Å². The number of para-hydroxylation sites is 1. The predicted molar refractivity (Wildman–Crippen MR) is 97.6 cm³/mol. The van der Waals surface area contributed by atoms with Crippen LogP contribution in [0.2, 0.25) is 0 Å². The molecule has 1 aromatic heterocycles. The Kier molecular flexibility index (Phi) is 4.12. The van der Waals surface area contributed by atoms with Gasteiger partial charge in [-0.15, -0.1) is 0 Å². The first-order valence-corrected chi connectivity index (χ1v) is 8.30. The molecule has 1 aliphatic rings. The van der Waals surface area contributed by atoms with Crippen LogP contribution in [0.3, 0.4) is 0 Å². The first-order valence-electron chi connectivity index (χ1n) is 8.30. The highest BCUT2D eigenvalue weighted by Gasteiger charge is 2.18. The topological polar surface area (TPSA) is 58.1 Å². The SMILES string of the molecule is O=C(Nc1ccccc1)c1cc(N2CCc3ccccc3C2)ncn1. The van der Waals surface area contributed by atoms with E-state index in [0.29, 0.717) is 5.69 Å². The lowest BCUT2D eigenvalue weighted by Crippen LogP contribution is -2.31. The van der Waals surface area contributed by atoms with Crippen LogP contribution in [0.25, 0.3) is 0 Å². The molecule has 5 nitrogen and oxygen atoms in total. The Balaban J connectivity index is 1.53. The van der Waals surface area contributed by atoms with E-state index < -0.39 is 0 Å². The number of anilines is 2. The Morgan fingerprint density at radius 2 is 1.72 bits per heavy atom. The van der Waals surface area contributed by atoms with E-state index in [9.17, 15) is 4.79 Å². The van der Waals surface area contributed by atoms with Crippen molar-refractivity contribution in [2.24, 2.45) is 0 Å². The number of nitrogens with zero attached hydrogens (tertiary/aromatic N) is 3. The first kappa shape index (κ1) is 15.3. The predicted octanol–water partition coefficient (Wildman–Crippen LogP) is 3.29. The summed E-state index contributed by atoms with van der Waals surface area (Å²) in [4.78, 5) is 23.1. The number of benzene rings is 2. The molecule has 3 aromatic rings. The fourth-order valence-corrected chi connectivity index (χ4v) is 3.05. The third-order valence-electron chi connectivity index (χ3n) is 4.37. The lowest BCUT2D eigenvalue weighted by atomic mass is 10.00. The molecule has 0 radical (unpaired) electrons. The van der Waals surface area contributed by atoms with Crippen LogP contribution < -0.4 is 10.2 Å². The van der Waals surface area contributed by atoms with E-state index >= 15 is 0 Å². The fourth-order valence-electron chi connectivity index (χ4n) is 3.05. The van der Waals surface area contributed by atoms with Crippen LogP contribution in [0.1, 0.15) is 21.6 Å². The normalized spacial score (nSPS) is 13.2. The van der Waals surface area contributed by atoms with Crippen molar-refractivity contribution >= 4 is 17.4 Å². The van der Waals surface area contributed by atoms with Crippen LogP contribution in [0, 0.1) is 0 Å². The zero-order valence-electron chi connectivity index (χ0n) is 13.7. The Bertz CT molecular complexity index is 895. The molecule has 0 atom stereocenters. The zero-order chi connectivity index (χ0) is 17.1. The van der Waals surface area contributed by atoms with Crippen molar-refractivity contribution in [3.05, 3.63) is 83.8 Å². The van der Waals surface area contributed by atoms with E-state index in [1.54, 1.807) is 6.07 Å². The summed E-state index contributed by atoms with van der Waals surface area (Å²) in [5.41, 5.74) is 3.81. The minimum Gasteiger partial charge on any atom is -0.352 e. The van der Waals surface area contributed by atoms with E-state index in [2.05, 4.69) is 44.5 Å². The maximum Gasteiger partial charge on any atom is 0.274 e. The number of hydrogen-bond donors (Lipinski definition) is 1. The van der Waals surface area contributed by atoms with Gasteiger partial charge in [-0.1, -0.05) is 42.5 Å². The second kappa shape index (κ2) is 6.73. The molecule has 0 aliphatic carbocycles. The van der Waals surface area contributed by atoms with E-state index in [-0.39, 0.29) is 5.91 Å². The second-order valence-electron chi connectivity index (χ2n) is 6.02. The van der Waals surface area contributed by atoms with Crippen LogP contribution >= 0.6 is 0 Å². The van der Waals surface area contributed by atoms with Gasteiger partial charge in [-0.2, -0.15) is 0 Å². The van der Waals surface area contributed by atoms with Gasteiger partial charge in [-0.05, 0) is 29.7 Å². The molecule has 5 heteroatoms. The number of rotatable bonds is 3. The average Bonchev–Trinajstić information content (AvgIpc) is 2.68. The quantitative estimate of drug-likeness (QED) is 0.800. The van der Waals surface area contributed by atoms with Crippen LogP contribution in [0.15, 0.2) is 67.0 Å². The number of carbonyl (C=O) groups excluding carboxylic acids is 1. The van der Waals surface area contributed by atoms with Crippen molar-refractivity contribution < 1.29 is 4.79 Å². The Morgan fingerprint density at radius 3 is 2.56 bits per heavy atom. The van der Waals surface area contributed by atoms with Gasteiger partial charge in [-0.3, -0.25) is 4.79 Å². The van der Waals surface area contributed by atoms with Gasteiger partial charge in [0.15, 0.2) is 0 Å². The van der Waals surface area contributed by atoms with E-state index in [1.807, 2.05) is 30.3 Å². The molecule has 4 rings (SSSR count). The maximum atomic E-state index is 12.4. The van der Waals surface area contributed by atoms with Gasteiger partial charge in [0.25, 0.3) is 5.91 Å². The number of hydrogen-bond acceptors (Lipinski definition) is 4. The average molecular weight is 330 g/mol. The molecule has 1 amide bonds. The lowest BCUT2D eigenvalue weighted by molar-refractivity contribution is 0.102. The zero-order valence-corrected chi connectivity index (χ0v) is 13.7. The molecule has 1 aliphatic heterocycles. The molecular formula is C20H18N4O. The summed E-state index contributed by atoms with van der Waals surface area (Å²) in [5.74, 6) is 0.551. The summed E-state index contributed by atoms with van der Waals surface area (Å²) < 4.78 is 0. The van der Waals surface area contributed by atoms with Crippen molar-refractivity contribution in [1.29, 1.82) is 0 Å². The molecule has 2 heterocycles. The third kappa shape index (κ3) is 3.35. The van der Waals surface area contributed by atoms with Crippen molar-refractivity contribution in [3.63, 3.8) is 0 Å². The van der Waals surface area contributed by atoms with Gasteiger partial charge in [0.2, 0.25) is 0 Å². The second-order valence-corrected chi connectivity index (χ2v) is 6.02. The molecule has 25 heavy (non-hydrogen) atoms. The molecule has 1 N–H and O–H groups in total. The van der Waals surface area contributed by atoms with Crippen molar-refractivity contribution in [1.82, 2.24) is 9.97 Å². The summed E-state index contributed by atoms with van der Waals surface area (Å²) in [6.07, 6.45) is 2.43. The summed E-state index contributed by atoms with van der Waals surface area (Å²) in [7, 11) is 0. The summed E-state index contributed by atoms with van der Waals surface area (Å²) in [5, 5.41) is 2.86. The number of fused-ring (bicyclic) bond motifs is 1. The van der Waals surface area contributed by atoms with E-state index in [0.717, 1.165) is 31.0 Å². The molecule has 0 saturated carbocycles. The molecule has 0 saturated heterocycles. The monoisotopic (exact) mass is 330 g/mol. The minimum absolute atomic E-state index is 0.229. The maximum absolute atomic E-state index is 12.4. The molecule has 0 spiro atoms. The van der Waals surface area contributed by atoms with Crippen LogP contribution in [-0.2, 0) is 13.0 Å². The van der Waals surface area contributed by atoms with Gasteiger partial charge in [0.1, 0.15) is 17.8 Å². The largest absolute Gasteiger partial charge is 0.352 e. The summed E-state index contributed by atoms with van der Waals surface area (Å²) in [6.45, 7) is 1.68. The van der Waals surface area contributed by atoms with Crippen molar-refractivity contribution in [2.45, 2.75) is 13.0 Å². The highest BCUT2D eigenvalue weighted by molar-refractivity contribution is 6.03. The van der Waals surface area contributed by atoms with Crippen molar-refractivity contribution in [3.8, 4) is 0 Å². The Labute approximate surface area is 146 Å². The van der Waals surface area contributed by atoms with Gasteiger partial charge in [0.05, 0.1) is 0 Å². The number of aromatic nitrogens is 2. The number of nitrogens with one attached hydrogen (secondary N) is 1. The van der Waals surface area contributed by atoms with Crippen LogP contribution in [-0.4, -0.2) is 22.4 Å². The molecule has 0 bridgehead atoms. The van der Waals surface area contributed by atoms with Crippen molar-refractivity contribution in [2.75, 3.05) is 16.8 Å². The molecule has 124 valence electrons. The minimum atomic E-state index is -0.229. The van der Waals surface area contributed by atoms with Crippen LogP contribution in [0.5, 0.6) is 0 Å². The number of amides is 1. The fraction of sp³-hybridized carbons (Fsp3) is 0.150.